The van der Waals surface area contributed by atoms with E-state index in [9.17, 15) is 4.39 Å². The second-order valence-electron chi connectivity index (χ2n) is 4.13. The van der Waals surface area contributed by atoms with Crippen LogP contribution in [0.25, 0.3) is 17.1 Å². The summed E-state index contributed by atoms with van der Waals surface area (Å²) in [5.41, 5.74) is 7.08. The summed E-state index contributed by atoms with van der Waals surface area (Å²) < 4.78 is 15.7. The van der Waals surface area contributed by atoms with Gasteiger partial charge in [-0.25, -0.2) is 4.39 Å². The van der Waals surface area contributed by atoms with Crippen LogP contribution in [-0.2, 0) is 0 Å². The number of halogens is 2. The minimum atomic E-state index is -0.463. The number of hydrogen-bond donors (Lipinski definition) is 1. The summed E-state index contributed by atoms with van der Waals surface area (Å²) in [5, 5.41) is 11.6. The summed E-state index contributed by atoms with van der Waals surface area (Å²) in [4.78, 5) is 0. The molecule has 7 heteroatoms. The van der Waals surface area contributed by atoms with Crippen molar-refractivity contribution >= 4 is 21.6 Å². The molecule has 20 heavy (non-hydrogen) atoms. The molecule has 2 aromatic carbocycles. The Balaban J connectivity index is 2.12. The van der Waals surface area contributed by atoms with Crippen molar-refractivity contribution in [2.75, 3.05) is 5.73 Å². The van der Waals surface area contributed by atoms with E-state index in [4.69, 9.17) is 5.73 Å². The van der Waals surface area contributed by atoms with Gasteiger partial charge in [-0.2, -0.15) is 4.68 Å². The van der Waals surface area contributed by atoms with Crippen LogP contribution in [0.3, 0.4) is 0 Å². The average Bonchev–Trinajstić information content (AvgIpc) is 2.91. The molecule has 0 saturated heterocycles. The van der Waals surface area contributed by atoms with E-state index in [0.717, 1.165) is 10.2 Å². The predicted octanol–water partition coefficient (Wildman–Crippen LogP) is 2.81. The minimum Gasteiger partial charge on any atom is -0.396 e. The number of nitrogen functional groups attached to an aromatic ring is 1. The first-order valence-corrected chi connectivity index (χ1v) is 6.54. The zero-order chi connectivity index (χ0) is 14.1. The maximum atomic E-state index is 13.2. The van der Waals surface area contributed by atoms with Crippen molar-refractivity contribution in [3.8, 4) is 17.1 Å². The first-order valence-electron chi connectivity index (χ1n) is 5.75. The summed E-state index contributed by atoms with van der Waals surface area (Å²) in [6.45, 7) is 0. The van der Waals surface area contributed by atoms with Crippen LogP contribution in [-0.4, -0.2) is 20.2 Å². The highest BCUT2D eigenvalue weighted by Crippen LogP contribution is 2.24. The molecule has 0 amide bonds. The van der Waals surface area contributed by atoms with Crippen LogP contribution < -0.4 is 5.73 Å². The molecule has 0 saturated carbocycles. The van der Waals surface area contributed by atoms with Crippen molar-refractivity contribution in [1.82, 2.24) is 20.2 Å². The highest BCUT2D eigenvalue weighted by atomic mass is 79.9. The molecule has 0 bridgehead atoms. The van der Waals surface area contributed by atoms with Gasteiger partial charge in [0.25, 0.3) is 0 Å². The molecule has 3 rings (SSSR count). The standard InChI is InChI=1S/C13H9BrFN5/c14-9-2-1-3-10(7-9)20-13(17-18-19-20)8-4-5-11(15)12(16)6-8/h1-7H,16H2. The zero-order valence-electron chi connectivity index (χ0n) is 10.2. The fraction of sp³-hybridized carbons (Fsp3) is 0. The highest BCUT2D eigenvalue weighted by Gasteiger charge is 2.12. The van der Waals surface area contributed by atoms with E-state index < -0.39 is 5.82 Å². The number of aromatic nitrogens is 4. The van der Waals surface area contributed by atoms with Crippen molar-refractivity contribution in [1.29, 1.82) is 0 Å². The molecule has 100 valence electrons. The number of benzene rings is 2. The summed E-state index contributed by atoms with van der Waals surface area (Å²) in [7, 11) is 0. The Morgan fingerprint density at radius 1 is 1.15 bits per heavy atom. The van der Waals surface area contributed by atoms with Gasteiger partial charge in [0.15, 0.2) is 5.82 Å². The Bertz CT molecular complexity index is 771. The number of hydrogen-bond acceptors (Lipinski definition) is 4. The van der Waals surface area contributed by atoms with Gasteiger partial charge in [0.2, 0.25) is 0 Å². The van der Waals surface area contributed by atoms with Crippen LogP contribution in [0.4, 0.5) is 10.1 Å². The van der Waals surface area contributed by atoms with Crippen LogP contribution in [0.15, 0.2) is 46.9 Å². The lowest BCUT2D eigenvalue weighted by Crippen LogP contribution is -2.00. The molecule has 1 aromatic heterocycles. The Morgan fingerprint density at radius 3 is 2.75 bits per heavy atom. The molecule has 0 unspecified atom stereocenters. The molecule has 3 aromatic rings. The number of rotatable bonds is 2. The summed E-state index contributed by atoms with van der Waals surface area (Å²) >= 11 is 3.40. The molecule has 0 fully saturated rings. The first kappa shape index (κ1) is 12.7. The third kappa shape index (κ3) is 2.27. The fourth-order valence-electron chi connectivity index (χ4n) is 1.83. The molecule has 0 aliphatic carbocycles. The van der Waals surface area contributed by atoms with Crippen LogP contribution in [0, 0.1) is 5.82 Å². The first-order chi connectivity index (χ1) is 9.65. The van der Waals surface area contributed by atoms with Gasteiger partial charge < -0.3 is 5.73 Å². The van der Waals surface area contributed by atoms with E-state index >= 15 is 0 Å². The molecular weight excluding hydrogens is 325 g/mol. The topological polar surface area (TPSA) is 69.6 Å². The third-order valence-corrected chi connectivity index (χ3v) is 3.27. The molecule has 0 radical (unpaired) electrons. The predicted molar refractivity (Wildman–Crippen MR) is 76.7 cm³/mol. The molecule has 2 N–H and O–H groups in total. The third-order valence-electron chi connectivity index (χ3n) is 2.78. The van der Waals surface area contributed by atoms with Gasteiger partial charge in [-0.05, 0) is 46.8 Å². The van der Waals surface area contributed by atoms with Crippen molar-refractivity contribution in [2.45, 2.75) is 0 Å². The smallest absolute Gasteiger partial charge is 0.187 e. The molecule has 0 atom stereocenters. The molecule has 0 aliphatic heterocycles. The van der Waals surface area contributed by atoms with Crippen LogP contribution in [0.1, 0.15) is 0 Å². The van der Waals surface area contributed by atoms with Gasteiger partial charge >= 0.3 is 0 Å². The van der Waals surface area contributed by atoms with Gasteiger partial charge in [-0.15, -0.1) is 5.10 Å². The van der Waals surface area contributed by atoms with E-state index in [0.29, 0.717) is 11.4 Å². The van der Waals surface area contributed by atoms with E-state index in [1.54, 1.807) is 10.7 Å². The van der Waals surface area contributed by atoms with Gasteiger partial charge in [-0.1, -0.05) is 22.0 Å². The Kier molecular flexibility index (Phi) is 3.19. The van der Waals surface area contributed by atoms with Gasteiger partial charge in [0.1, 0.15) is 5.82 Å². The van der Waals surface area contributed by atoms with Crippen molar-refractivity contribution in [3.63, 3.8) is 0 Å². The second-order valence-corrected chi connectivity index (χ2v) is 5.05. The molecule has 5 nitrogen and oxygen atoms in total. The highest BCUT2D eigenvalue weighted by molar-refractivity contribution is 9.10. The molecular formula is C13H9BrFN5. The monoisotopic (exact) mass is 333 g/mol. The second kappa shape index (κ2) is 5.01. The van der Waals surface area contributed by atoms with Crippen LogP contribution in [0.5, 0.6) is 0 Å². The summed E-state index contributed by atoms with van der Waals surface area (Å²) in [5.74, 6) is 0.0324. The molecule has 1 heterocycles. The van der Waals surface area contributed by atoms with E-state index in [1.807, 2.05) is 24.3 Å². The molecule has 0 aliphatic rings. The maximum absolute atomic E-state index is 13.2. The number of tetrazole rings is 1. The number of nitrogens with two attached hydrogens (primary N) is 1. The number of anilines is 1. The Hall–Kier alpha value is -2.28. The lowest BCUT2D eigenvalue weighted by atomic mass is 10.2. The van der Waals surface area contributed by atoms with E-state index in [2.05, 4.69) is 31.5 Å². The van der Waals surface area contributed by atoms with Crippen molar-refractivity contribution < 1.29 is 4.39 Å². The average molecular weight is 334 g/mol. The minimum absolute atomic E-state index is 0.0614. The fourth-order valence-corrected chi connectivity index (χ4v) is 2.22. The van der Waals surface area contributed by atoms with Gasteiger partial charge in [0.05, 0.1) is 11.4 Å². The zero-order valence-corrected chi connectivity index (χ0v) is 11.7. The van der Waals surface area contributed by atoms with Crippen LogP contribution in [0.2, 0.25) is 0 Å². The molecule has 0 spiro atoms. The number of nitrogens with zero attached hydrogens (tertiary/aromatic N) is 4. The Labute approximate surface area is 122 Å². The Morgan fingerprint density at radius 2 is 2.00 bits per heavy atom. The summed E-state index contributed by atoms with van der Waals surface area (Å²) in [6.07, 6.45) is 0. The quantitative estimate of drug-likeness (QED) is 0.732. The maximum Gasteiger partial charge on any atom is 0.187 e. The van der Waals surface area contributed by atoms with Gasteiger partial charge in [-0.3, -0.25) is 0 Å². The lowest BCUT2D eigenvalue weighted by Gasteiger charge is -2.06. The van der Waals surface area contributed by atoms with E-state index in [1.165, 1.54) is 12.1 Å². The van der Waals surface area contributed by atoms with Crippen molar-refractivity contribution in [2.24, 2.45) is 0 Å². The SMILES string of the molecule is Nc1cc(-c2nnnn2-c2cccc(Br)c2)ccc1F. The lowest BCUT2D eigenvalue weighted by molar-refractivity contribution is 0.632. The van der Waals surface area contributed by atoms with E-state index in [-0.39, 0.29) is 5.69 Å². The van der Waals surface area contributed by atoms with Crippen LogP contribution >= 0.6 is 15.9 Å². The normalized spacial score (nSPS) is 10.7. The van der Waals surface area contributed by atoms with Crippen molar-refractivity contribution in [3.05, 3.63) is 52.8 Å². The summed E-state index contributed by atoms with van der Waals surface area (Å²) in [6, 6.07) is 11.9. The largest absolute Gasteiger partial charge is 0.396 e. The van der Waals surface area contributed by atoms with Gasteiger partial charge in [0, 0.05) is 10.0 Å².